The molecule has 1 fully saturated rings. The van der Waals surface area contributed by atoms with E-state index in [1.54, 1.807) is 67.6 Å². The van der Waals surface area contributed by atoms with Crippen LogP contribution in [0.5, 0.6) is 11.5 Å². The number of ether oxygens (including phenoxy) is 2. The summed E-state index contributed by atoms with van der Waals surface area (Å²) in [6, 6.07) is 18.7. The molecule has 1 atom stereocenters. The van der Waals surface area contributed by atoms with Crippen LogP contribution in [0.2, 0.25) is 10.0 Å². The first-order valence-electron chi connectivity index (χ1n) is 14.7. The van der Waals surface area contributed by atoms with Crippen LogP contribution in [0.25, 0.3) is 22.2 Å². The van der Waals surface area contributed by atoms with E-state index in [-0.39, 0.29) is 45.9 Å². The van der Waals surface area contributed by atoms with Crippen LogP contribution >= 0.6 is 23.2 Å². The second kappa shape index (κ2) is 12.6. The molecule has 46 heavy (non-hydrogen) atoms. The monoisotopic (exact) mass is 659 g/mol. The fourth-order valence-electron chi connectivity index (χ4n) is 5.39. The molecule has 0 aliphatic heterocycles. The second-order valence-electron chi connectivity index (χ2n) is 11.0. The molecule has 6 rings (SSSR count). The fourth-order valence-corrected chi connectivity index (χ4v) is 5.78. The van der Waals surface area contributed by atoms with Gasteiger partial charge in [-0.3, -0.25) is 14.3 Å². The van der Waals surface area contributed by atoms with Crippen LogP contribution < -0.4 is 20.5 Å². The number of aromatic nitrogens is 3. The number of benzene rings is 3. The summed E-state index contributed by atoms with van der Waals surface area (Å²) in [5.74, 6) is -0.719. The van der Waals surface area contributed by atoms with Crippen molar-refractivity contribution in [2.75, 3.05) is 20.3 Å². The zero-order valence-corrected chi connectivity index (χ0v) is 26.6. The molecule has 5 aromatic rings. The molecule has 10 nitrogen and oxygen atoms in total. The van der Waals surface area contributed by atoms with Crippen molar-refractivity contribution in [3.05, 3.63) is 105 Å². The SMILES string of the molecule is CCOc1c(C(N)=O)cc([C@@](O)(CNC(=O)c2cc(OC)c3nn(C4CC4)cc3c2)c2ccccc2)nc1-c1cccc(Cl)c1Cl. The minimum Gasteiger partial charge on any atom is -0.494 e. The van der Waals surface area contributed by atoms with Crippen LogP contribution in [0.15, 0.2) is 72.9 Å². The molecule has 0 unspecified atom stereocenters. The van der Waals surface area contributed by atoms with Gasteiger partial charge in [-0.15, -0.1) is 0 Å². The normalized spacial score (nSPS) is 14.1. The summed E-state index contributed by atoms with van der Waals surface area (Å²) in [4.78, 5) is 31.2. The van der Waals surface area contributed by atoms with Crippen LogP contribution in [-0.4, -0.2) is 51.9 Å². The lowest BCUT2D eigenvalue weighted by atomic mass is 9.88. The first-order chi connectivity index (χ1) is 22.1. The highest BCUT2D eigenvalue weighted by molar-refractivity contribution is 6.43. The summed E-state index contributed by atoms with van der Waals surface area (Å²) in [5.41, 5.74) is 5.81. The van der Waals surface area contributed by atoms with Gasteiger partial charge in [-0.1, -0.05) is 65.7 Å². The van der Waals surface area contributed by atoms with Crippen molar-refractivity contribution in [2.24, 2.45) is 5.73 Å². The Balaban J connectivity index is 1.44. The number of aliphatic hydroxyl groups is 1. The molecule has 0 saturated heterocycles. The molecule has 0 radical (unpaired) electrons. The smallest absolute Gasteiger partial charge is 0.252 e. The predicted molar refractivity (Wildman–Crippen MR) is 176 cm³/mol. The average Bonchev–Trinajstić information content (AvgIpc) is 3.83. The summed E-state index contributed by atoms with van der Waals surface area (Å²) >= 11 is 12.9. The van der Waals surface area contributed by atoms with Gasteiger partial charge in [0.05, 0.1) is 47.6 Å². The number of methoxy groups -OCH3 is 1. The zero-order chi connectivity index (χ0) is 32.6. The van der Waals surface area contributed by atoms with E-state index in [4.69, 9.17) is 43.4 Å². The van der Waals surface area contributed by atoms with E-state index in [1.807, 2.05) is 10.9 Å². The third-order valence-corrected chi connectivity index (χ3v) is 8.73. The minimum absolute atomic E-state index is 0.0264. The Labute approximate surface area is 275 Å². The van der Waals surface area contributed by atoms with E-state index in [1.165, 1.54) is 13.2 Å². The molecule has 236 valence electrons. The van der Waals surface area contributed by atoms with E-state index in [9.17, 15) is 14.7 Å². The number of nitrogens with two attached hydrogens (primary N) is 1. The van der Waals surface area contributed by atoms with Crippen LogP contribution in [0.1, 0.15) is 57.8 Å². The molecular weight excluding hydrogens is 629 g/mol. The van der Waals surface area contributed by atoms with Gasteiger partial charge in [-0.05, 0) is 49.6 Å². The fraction of sp³-hybridized carbons (Fsp3) is 0.235. The number of nitrogens with one attached hydrogen (secondary N) is 1. The van der Waals surface area contributed by atoms with Gasteiger partial charge in [0.15, 0.2) is 5.75 Å². The van der Waals surface area contributed by atoms with Gasteiger partial charge in [0.25, 0.3) is 11.8 Å². The molecule has 0 bridgehead atoms. The van der Waals surface area contributed by atoms with Gasteiger partial charge in [-0.25, -0.2) is 4.98 Å². The molecule has 3 aromatic carbocycles. The Hall–Kier alpha value is -4.64. The maximum absolute atomic E-state index is 13.7. The highest BCUT2D eigenvalue weighted by atomic mass is 35.5. The van der Waals surface area contributed by atoms with Crippen molar-refractivity contribution in [3.8, 4) is 22.8 Å². The quantitative estimate of drug-likeness (QED) is 0.160. The first-order valence-corrected chi connectivity index (χ1v) is 15.5. The zero-order valence-electron chi connectivity index (χ0n) is 25.1. The van der Waals surface area contributed by atoms with Crippen LogP contribution in [0.4, 0.5) is 0 Å². The van der Waals surface area contributed by atoms with Crippen molar-refractivity contribution < 1.29 is 24.2 Å². The molecule has 4 N–H and O–H groups in total. The number of hydrogen-bond donors (Lipinski definition) is 3. The number of hydrogen-bond acceptors (Lipinski definition) is 7. The lowest BCUT2D eigenvalue weighted by Crippen LogP contribution is -2.42. The number of primary amides is 1. The number of halogens is 2. The van der Waals surface area contributed by atoms with E-state index < -0.39 is 17.4 Å². The van der Waals surface area contributed by atoms with E-state index in [0.717, 1.165) is 18.2 Å². The van der Waals surface area contributed by atoms with Crippen LogP contribution in [0, 0.1) is 0 Å². The summed E-state index contributed by atoms with van der Waals surface area (Å²) < 4.78 is 13.3. The molecule has 0 spiro atoms. The average molecular weight is 661 g/mol. The molecule has 2 aromatic heterocycles. The van der Waals surface area contributed by atoms with Crippen molar-refractivity contribution in [1.29, 1.82) is 0 Å². The highest BCUT2D eigenvalue weighted by Gasteiger charge is 2.37. The number of pyridine rings is 1. The maximum Gasteiger partial charge on any atom is 0.252 e. The Morgan fingerprint density at radius 2 is 1.87 bits per heavy atom. The summed E-state index contributed by atoms with van der Waals surface area (Å²) in [6.07, 6.45) is 4.03. The number of fused-ring (bicyclic) bond motifs is 1. The molecule has 2 amide bonds. The number of amides is 2. The number of carbonyl (C=O) groups excluding carboxylic acids is 2. The first kappa shape index (κ1) is 31.3. The lowest BCUT2D eigenvalue weighted by molar-refractivity contribution is 0.0665. The molecule has 1 saturated carbocycles. The van der Waals surface area contributed by atoms with Crippen LogP contribution in [0.3, 0.4) is 0 Å². The second-order valence-corrected chi connectivity index (χ2v) is 11.8. The van der Waals surface area contributed by atoms with Gasteiger partial charge in [-0.2, -0.15) is 5.10 Å². The number of carbonyl (C=O) groups is 2. The summed E-state index contributed by atoms with van der Waals surface area (Å²) in [5, 5.41) is 21.1. The topological polar surface area (TPSA) is 142 Å². The number of nitrogens with zero attached hydrogens (tertiary/aromatic N) is 3. The minimum atomic E-state index is -1.93. The van der Waals surface area contributed by atoms with Crippen molar-refractivity contribution in [1.82, 2.24) is 20.1 Å². The third-order valence-electron chi connectivity index (χ3n) is 7.91. The van der Waals surface area contributed by atoms with E-state index in [0.29, 0.717) is 34.0 Å². The Kier molecular flexibility index (Phi) is 8.61. The standard InChI is InChI=1S/C34H31Cl2N5O5/c1-3-46-31-24(32(37)42)16-27(39-30(31)23-10-7-11-25(35)28(23)36)34(44,21-8-5-4-6-9-21)18-38-33(43)19-14-20-17-41(22-12-13-22)40-29(20)26(15-19)45-2/h4-11,14-17,22,44H,3,12-13,18H2,1-2H3,(H2,37,42)(H,38,43)/t34-/m1/s1. The predicted octanol–water partition coefficient (Wildman–Crippen LogP) is 5.91. The molecule has 1 aliphatic rings. The van der Waals surface area contributed by atoms with Gasteiger partial charge < -0.3 is 25.6 Å². The highest BCUT2D eigenvalue weighted by Crippen LogP contribution is 2.42. The van der Waals surface area contributed by atoms with Crippen molar-refractivity contribution in [3.63, 3.8) is 0 Å². The van der Waals surface area contributed by atoms with E-state index >= 15 is 0 Å². The van der Waals surface area contributed by atoms with Crippen molar-refractivity contribution in [2.45, 2.75) is 31.4 Å². The van der Waals surface area contributed by atoms with Gasteiger partial charge in [0.1, 0.15) is 22.6 Å². The summed E-state index contributed by atoms with van der Waals surface area (Å²) in [6.45, 7) is 1.62. The largest absolute Gasteiger partial charge is 0.494 e. The van der Waals surface area contributed by atoms with Gasteiger partial charge in [0.2, 0.25) is 0 Å². The third kappa shape index (κ3) is 5.87. The lowest BCUT2D eigenvalue weighted by Gasteiger charge is -2.30. The Morgan fingerprint density at radius 3 is 2.54 bits per heavy atom. The molecule has 2 heterocycles. The summed E-state index contributed by atoms with van der Waals surface area (Å²) in [7, 11) is 1.53. The Bertz CT molecular complexity index is 1960. The van der Waals surface area contributed by atoms with Crippen molar-refractivity contribution >= 4 is 45.9 Å². The van der Waals surface area contributed by atoms with Crippen LogP contribution in [-0.2, 0) is 5.60 Å². The maximum atomic E-state index is 13.7. The Morgan fingerprint density at radius 1 is 1.11 bits per heavy atom. The molecular formula is C34H31Cl2N5O5. The van der Waals surface area contributed by atoms with Gasteiger partial charge in [0, 0.05) is 22.7 Å². The van der Waals surface area contributed by atoms with Gasteiger partial charge >= 0.3 is 0 Å². The molecule has 12 heteroatoms. The van der Waals surface area contributed by atoms with E-state index in [2.05, 4.69) is 10.4 Å². The molecule has 1 aliphatic carbocycles. The number of rotatable bonds is 11.